The van der Waals surface area contributed by atoms with Gasteiger partial charge in [-0.1, -0.05) is 6.07 Å². The number of rotatable bonds is 2. The number of hydrogen-bond acceptors (Lipinski definition) is 4. The molecule has 0 radical (unpaired) electrons. The summed E-state index contributed by atoms with van der Waals surface area (Å²) in [6.07, 6.45) is 1.88. The molecule has 0 fully saturated rings. The van der Waals surface area contributed by atoms with E-state index in [0.717, 1.165) is 16.7 Å². The molecule has 0 aliphatic carbocycles. The molecular weight excluding hydrogens is 178 g/mol. The molecule has 0 saturated carbocycles. The maximum atomic E-state index is 8.35. The van der Waals surface area contributed by atoms with Gasteiger partial charge in [-0.05, 0) is 17.7 Å². The molecule has 0 amide bonds. The molecule has 0 aliphatic heterocycles. The van der Waals surface area contributed by atoms with Crippen molar-refractivity contribution in [3.05, 3.63) is 29.7 Å². The van der Waals surface area contributed by atoms with Crippen LogP contribution in [0.4, 0.5) is 0 Å². The van der Waals surface area contributed by atoms with Crippen molar-refractivity contribution in [1.29, 1.82) is 5.26 Å². The first kappa shape index (κ1) is 8.57. The minimum absolute atomic E-state index is 0.526. The molecule has 0 atom stereocenters. The van der Waals surface area contributed by atoms with Crippen LogP contribution in [0.3, 0.4) is 0 Å². The van der Waals surface area contributed by atoms with Gasteiger partial charge in [-0.2, -0.15) is 5.26 Å². The number of nitrogens with zero attached hydrogens (tertiary/aromatic N) is 2. The van der Waals surface area contributed by atoms with Crippen molar-refractivity contribution < 1.29 is 4.42 Å². The Bertz CT molecular complexity index is 496. The second kappa shape index (κ2) is 3.38. The van der Waals surface area contributed by atoms with Crippen molar-refractivity contribution in [3.63, 3.8) is 0 Å². The molecule has 1 N–H and O–H groups in total. The molecule has 1 aromatic heterocycles. The van der Waals surface area contributed by atoms with Gasteiger partial charge in [0.25, 0.3) is 0 Å². The van der Waals surface area contributed by atoms with Crippen LogP contribution in [-0.2, 0) is 6.54 Å². The van der Waals surface area contributed by atoms with Gasteiger partial charge in [-0.25, -0.2) is 4.98 Å². The molecule has 4 heteroatoms. The predicted octanol–water partition coefficient (Wildman–Crippen LogP) is 1.71. The van der Waals surface area contributed by atoms with Gasteiger partial charge in [0.2, 0.25) is 0 Å². The zero-order valence-electron chi connectivity index (χ0n) is 7.74. The Hall–Kier alpha value is -2.02. The summed E-state index contributed by atoms with van der Waals surface area (Å²) in [5, 5.41) is 10.9. The van der Waals surface area contributed by atoms with E-state index in [-0.39, 0.29) is 0 Å². The number of aryl methyl sites for hydroxylation is 1. The zero-order chi connectivity index (χ0) is 9.97. The summed E-state index contributed by atoms with van der Waals surface area (Å²) in [6, 6.07) is 5.69. The number of nitriles is 1. The molecule has 0 bridgehead atoms. The van der Waals surface area contributed by atoms with Crippen LogP contribution < -0.4 is 5.32 Å². The topological polar surface area (TPSA) is 61.9 Å². The van der Waals surface area contributed by atoms with Crippen LogP contribution in [-0.4, -0.2) is 4.98 Å². The van der Waals surface area contributed by atoms with E-state index in [1.165, 1.54) is 0 Å². The normalized spacial score (nSPS) is 10.0. The van der Waals surface area contributed by atoms with Crippen molar-refractivity contribution in [2.24, 2.45) is 0 Å². The van der Waals surface area contributed by atoms with Gasteiger partial charge in [0.05, 0.1) is 0 Å². The summed E-state index contributed by atoms with van der Waals surface area (Å²) in [5.41, 5.74) is 2.63. The lowest BCUT2D eigenvalue weighted by Crippen LogP contribution is -2.03. The fourth-order valence-electron chi connectivity index (χ4n) is 1.34. The second-order valence-corrected chi connectivity index (χ2v) is 3.00. The van der Waals surface area contributed by atoms with Crippen LogP contribution in [0, 0.1) is 18.4 Å². The SMILES string of the molecule is Cc1nc2cc(CNC#N)ccc2o1. The number of hydrogen-bond donors (Lipinski definition) is 1. The predicted molar refractivity (Wildman–Crippen MR) is 51.2 cm³/mol. The molecule has 0 aliphatic rings. The minimum atomic E-state index is 0.526. The van der Waals surface area contributed by atoms with Crippen molar-refractivity contribution in [2.45, 2.75) is 13.5 Å². The Morgan fingerprint density at radius 2 is 2.43 bits per heavy atom. The first-order valence-corrected chi connectivity index (χ1v) is 4.27. The second-order valence-electron chi connectivity index (χ2n) is 3.00. The summed E-state index contributed by atoms with van der Waals surface area (Å²) < 4.78 is 5.33. The molecule has 2 rings (SSSR count). The van der Waals surface area contributed by atoms with Crippen molar-refractivity contribution >= 4 is 11.1 Å². The van der Waals surface area contributed by atoms with E-state index >= 15 is 0 Å². The number of oxazole rings is 1. The van der Waals surface area contributed by atoms with Crippen LogP contribution in [0.15, 0.2) is 22.6 Å². The maximum Gasteiger partial charge on any atom is 0.192 e. The summed E-state index contributed by atoms with van der Waals surface area (Å²) in [6.45, 7) is 2.34. The van der Waals surface area contributed by atoms with Gasteiger partial charge in [0.1, 0.15) is 5.52 Å². The lowest BCUT2D eigenvalue weighted by molar-refractivity contribution is 0.561. The lowest BCUT2D eigenvalue weighted by Gasteiger charge is -1.96. The Labute approximate surface area is 81.2 Å². The maximum absolute atomic E-state index is 8.35. The van der Waals surface area contributed by atoms with Crippen LogP contribution >= 0.6 is 0 Å². The third kappa shape index (κ3) is 1.52. The van der Waals surface area contributed by atoms with Gasteiger partial charge in [0, 0.05) is 13.5 Å². The van der Waals surface area contributed by atoms with Crippen LogP contribution in [0.1, 0.15) is 11.5 Å². The average molecular weight is 187 g/mol. The number of benzene rings is 1. The van der Waals surface area contributed by atoms with E-state index in [2.05, 4.69) is 10.3 Å². The minimum Gasteiger partial charge on any atom is -0.441 e. The molecule has 70 valence electrons. The molecule has 1 heterocycles. The Kier molecular flexibility index (Phi) is 2.07. The first-order chi connectivity index (χ1) is 6.79. The van der Waals surface area contributed by atoms with E-state index < -0.39 is 0 Å². The van der Waals surface area contributed by atoms with Crippen LogP contribution in [0.5, 0.6) is 0 Å². The fourth-order valence-corrected chi connectivity index (χ4v) is 1.34. The average Bonchev–Trinajstić information content (AvgIpc) is 2.54. The largest absolute Gasteiger partial charge is 0.441 e. The Morgan fingerprint density at radius 1 is 1.57 bits per heavy atom. The van der Waals surface area contributed by atoms with E-state index in [1.807, 2.05) is 31.3 Å². The van der Waals surface area contributed by atoms with Crippen molar-refractivity contribution in [3.8, 4) is 6.19 Å². The third-order valence-electron chi connectivity index (χ3n) is 1.93. The number of fused-ring (bicyclic) bond motifs is 1. The summed E-state index contributed by atoms with van der Waals surface area (Å²) in [7, 11) is 0. The summed E-state index contributed by atoms with van der Waals surface area (Å²) >= 11 is 0. The highest BCUT2D eigenvalue weighted by Gasteiger charge is 2.02. The molecule has 14 heavy (non-hydrogen) atoms. The smallest absolute Gasteiger partial charge is 0.192 e. The van der Waals surface area contributed by atoms with Gasteiger partial charge in [0.15, 0.2) is 17.7 Å². The van der Waals surface area contributed by atoms with E-state index in [4.69, 9.17) is 9.68 Å². The summed E-state index contributed by atoms with van der Waals surface area (Å²) in [5.74, 6) is 0.658. The molecular formula is C10H9N3O. The molecule has 4 nitrogen and oxygen atoms in total. The van der Waals surface area contributed by atoms with Crippen molar-refractivity contribution in [2.75, 3.05) is 0 Å². The quantitative estimate of drug-likeness (QED) is 0.574. The summed E-state index contributed by atoms with van der Waals surface area (Å²) in [4.78, 5) is 4.20. The molecule has 0 saturated heterocycles. The van der Waals surface area contributed by atoms with Gasteiger partial charge >= 0.3 is 0 Å². The van der Waals surface area contributed by atoms with Crippen LogP contribution in [0.25, 0.3) is 11.1 Å². The molecule has 0 unspecified atom stereocenters. The Morgan fingerprint density at radius 3 is 3.21 bits per heavy atom. The van der Waals surface area contributed by atoms with Gasteiger partial charge in [-0.3, -0.25) is 0 Å². The highest BCUT2D eigenvalue weighted by atomic mass is 16.3. The molecule has 2 aromatic rings. The van der Waals surface area contributed by atoms with E-state index in [1.54, 1.807) is 0 Å². The van der Waals surface area contributed by atoms with Crippen molar-refractivity contribution in [1.82, 2.24) is 10.3 Å². The Balaban J connectivity index is 2.36. The highest BCUT2D eigenvalue weighted by Crippen LogP contribution is 2.16. The van der Waals surface area contributed by atoms with Gasteiger partial charge in [-0.15, -0.1) is 0 Å². The van der Waals surface area contributed by atoms with Crippen LogP contribution in [0.2, 0.25) is 0 Å². The third-order valence-corrected chi connectivity index (χ3v) is 1.93. The highest BCUT2D eigenvalue weighted by molar-refractivity contribution is 5.73. The monoisotopic (exact) mass is 187 g/mol. The lowest BCUT2D eigenvalue weighted by atomic mass is 10.2. The number of aromatic nitrogens is 1. The zero-order valence-corrected chi connectivity index (χ0v) is 7.74. The van der Waals surface area contributed by atoms with E-state index in [9.17, 15) is 0 Å². The molecule has 0 spiro atoms. The van der Waals surface area contributed by atoms with Gasteiger partial charge < -0.3 is 9.73 Å². The van der Waals surface area contributed by atoms with E-state index in [0.29, 0.717) is 12.4 Å². The fraction of sp³-hybridized carbons (Fsp3) is 0.200. The standard InChI is InChI=1S/C10H9N3O/c1-7-13-9-4-8(5-12-6-11)2-3-10(9)14-7/h2-4,12H,5H2,1H3. The molecule has 1 aromatic carbocycles. The number of nitrogens with one attached hydrogen (secondary N) is 1. The first-order valence-electron chi connectivity index (χ1n) is 4.27.